The second-order valence-electron chi connectivity index (χ2n) is 5.21. The standard InChI is InChI=1S/C12H26O/c1-6-12(9-13,7-10(2)3)8-11(4)5/h10-11,13H,6-9H2,1-5H3. The van der Waals surface area contributed by atoms with Gasteiger partial charge in [-0.25, -0.2) is 0 Å². The fraction of sp³-hybridized carbons (Fsp3) is 1.00. The molecule has 0 aromatic rings. The summed E-state index contributed by atoms with van der Waals surface area (Å²) >= 11 is 0. The molecule has 0 atom stereocenters. The molecule has 80 valence electrons. The Labute approximate surface area is 83.5 Å². The number of aliphatic hydroxyl groups is 1. The van der Waals surface area contributed by atoms with E-state index in [1.54, 1.807) is 0 Å². The molecule has 1 nitrogen and oxygen atoms in total. The highest BCUT2D eigenvalue weighted by atomic mass is 16.3. The van der Waals surface area contributed by atoms with Crippen LogP contribution in [0.5, 0.6) is 0 Å². The Morgan fingerprint density at radius 3 is 1.54 bits per heavy atom. The fourth-order valence-electron chi connectivity index (χ4n) is 2.34. The Bertz CT molecular complexity index is 111. The molecule has 0 radical (unpaired) electrons. The zero-order valence-corrected chi connectivity index (χ0v) is 9.93. The van der Waals surface area contributed by atoms with Gasteiger partial charge >= 0.3 is 0 Å². The zero-order valence-electron chi connectivity index (χ0n) is 9.93. The molecule has 0 bridgehead atoms. The summed E-state index contributed by atoms with van der Waals surface area (Å²) in [6.07, 6.45) is 3.40. The van der Waals surface area contributed by atoms with E-state index in [0.29, 0.717) is 18.4 Å². The van der Waals surface area contributed by atoms with Crippen LogP contribution in [0.2, 0.25) is 0 Å². The van der Waals surface area contributed by atoms with Gasteiger partial charge in [-0.15, -0.1) is 0 Å². The fourth-order valence-corrected chi connectivity index (χ4v) is 2.34. The lowest BCUT2D eigenvalue weighted by molar-refractivity contribution is 0.0737. The van der Waals surface area contributed by atoms with Crippen molar-refractivity contribution >= 4 is 0 Å². The molecule has 0 aromatic carbocycles. The first-order chi connectivity index (χ1) is 5.95. The summed E-state index contributed by atoms with van der Waals surface area (Å²) < 4.78 is 0. The Kier molecular flexibility index (Phi) is 5.62. The van der Waals surface area contributed by atoms with Crippen molar-refractivity contribution in [1.82, 2.24) is 0 Å². The van der Waals surface area contributed by atoms with Crippen LogP contribution in [0.4, 0.5) is 0 Å². The monoisotopic (exact) mass is 186 g/mol. The van der Waals surface area contributed by atoms with Gasteiger partial charge in [0.25, 0.3) is 0 Å². The molecule has 0 unspecified atom stereocenters. The largest absolute Gasteiger partial charge is 0.396 e. The quantitative estimate of drug-likeness (QED) is 0.673. The van der Waals surface area contributed by atoms with E-state index in [0.717, 1.165) is 19.3 Å². The van der Waals surface area contributed by atoms with Crippen LogP contribution in [-0.4, -0.2) is 11.7 Å². The van der Waals surface area contributed by atoms with E-state index >= 15 is 0 Å². The number of hydrogen-bond donors (Lipinski definition) is 1. The third-order valence-electron chi connectivity index (χ3n) is 2.77. The average Bonchev–Trinajstić information content (AvgIpc) is 2.01. The summed E-state index contributed by atoms with van der Waals surface area (Å²) in [6, 6.07) is 0. The second-order valence-corrected chi connectivity index (χ2v) is 5.21. The highest BCUT2D eigenvalue weighted by Gasteiger charge is 2.28. The predicted octanol–water partition coefficient (Wildman–Crippen LogP) is 3.47. The molecule has 0 spiro atoms. The summed E-state index contributed by atoms with van der Waals surface area (Å²) in [5.74, 6) is 1.37. The maximum absolute atomic E-state index is 9.47. The van der Waals surface area contributed by atoms with Crippen LogP contribution in [0.15, 0.2) is 0 Å². The SMILES string of the molecule is CCC(CO)(CC(C)C)CC(C)C. The van der Waals surface area contributed by atoms with Crippen LogP contribution >= 0.6 is 0 Å². The van der Waals surface area contributed by atoms with Crippen molar-refractivity contribution in [3.05, 3.63) is 0 Å². The Morgan fingerprint density at radius 2 is 1.38 bits per heavy atom. The Balaban J connectivity index is 4.30. The van der Waals surface area contributed by atoms with Crippen LogP contribution in [0.25, 0.3) is 0 Å². The van der Waals surface area contributed by atoms with E-state index in [1.165, 1.54) is 0 Å². The highest BCUT2D eigenvalue weighted by molar-refractivity contribution is 4.79. The van der Waals surface area contributed by atoms with Gasteiger partial charge in [-0.3, -0.25) is 0 Å². The van der Waals surface area contributed by atoms with Gasteiger partial charge in [-0.05, 0) is 36.5 Å². The van der Waals surface area contributed by atoms with Gasteiger partial charge in [0.2, 0.25) is 0 Å². The van der Waals surface area contributed by atoms with Crippen molar-refractivity contribution in [3.63, 3.8) is 0 Å². The minimum atomic E-state index is 0.183. The van der Waals surface area contributed by atoms with Gasteiger partial charge in [0.05, 0.1) is 0 Å². The lowest BCUT2D eigenvalue weighted by atomic mass is 9.73. The van der Waals surface area contributed by atoms with Crippen molar-refractivity contribution in [1.29, 1.82) is 0 Å². The van der Waals surface area contributed by atoms with Crippen molar-refractivity contribution in [2.75, 3.05) is 6.61 Å². The average molecular weight is 186 g/mol. The van der Waals surface area contributed by atoms with Crippen molar-refractivity contribution < 1.29 is 5.11 Å². The highest BCUT2D eigenvalue weighted by Crippen LogP contribution is 2.36. The van der Waals surface area contributed by atoms with Crippen molar-refractivity contribution in [2.45, 2.75) is 53.9 Å². The summed E-state index contributed by atoms with van der Waals surface area (Å²) in [5.41, 5.74) is 0.183. The summed E-state index contributed by atoms with van der Waals surface area (Å²) in [5, 5.41) is 9.47. The molecule has 1 heteroatoms. The minimum Gasteiger partial charge on any atom is -0.396 e. The Hall–Kier alpha value is -0.0400. The molecule has 0 saturated heterocycles. The van der Waals surface area contributed by atoms with Gasteiger partial charge in [-0.2, -0.15) is 0 Å². The molecule has 0 aliphatic carbocycles. The van der Waals surface area contributed by atoms with E-state index in [4.69, 9.17) is 0 Å². The maximum atomic E-state index is 9.47. The number of aliphatic hydroxyl groups excluding tert-OH is 1. The molecule has 0 amide bonds. The molecule has 0 rings (SSSR count). The molecule has 13 heavy (non-hydrogen) atoms. The smallest absolute Gasteiger partial charge is 0.0487 e. The first kappa shape index (κ1) is 13.0. The molecule has 0 fully saturated rings. The topological polar surface area (TPSA) is 20.2 Å². The summed E-state index contributed by atoms with van der Waals surface area (Å²) in [7, 11) is 0. The zero-order chi connectivity index (χ0) is 10.5. The lowest BCUT2D eigenvalue weighted by Gasteiger charge is -2.34. The molecule has 1 N–H and O–H groups in total. The first-order valence-electron chi connectivity index (χ1n) is 5.56. The molecular weight excluding hydrogens is 160 g/mol. The molecule has 0 aliphatic heterocycles. The molecule has 0 saturated carbocycles. The van der Waals surface area contributed by atoms with Gasteiger partial charge in [0, 0.05) is 6.61 Å². The number of hydrogen-bond acceptors (Lipinski definition) is 1. The van der Waals surface area contributed by atoms with E-state index in [9.17, 15) is 5.11 Å². The van der Waals surface area contributed by atoms with E-state index in [-0.39, 0.29) is 5.41 Å². The maximum Gasteiger partial charge on any atom is 0.0487 e. The second kappa shape index (κ2) is 5.64. The van der Waals surface area contributed by atoms with Gasteiger partial charge in [0.1, 0.15) is 0 Å². The van der Waals surface area contributed by atoms with Crippen LogP contribution in [0.3, 0.4) is 0 Å². The van der Waals surface area contributed by atoms with Crippen LogP contribution in [0.1, 0.15) is 53.9 Å². The third-order valence-corrected chi connectivity index (χ3v) is 2.77. The van der Waals surface area contributed by atoms with Crippen molar-refractivity contribution in [3.8, 4) is 0 Å². The molecule has 0 aromatic heterocycles. The molecular formula is C12H26O. The summed E-state index contributed by atoms with van der Waals surface area (Å²) in [6.45, 7) is 11.5. The van der Waals surface area contributed by atoms with Gasteiger partial charge < -0.3 is 5.11 Å². The van der Waals surface area contributed by atoms with Gasteiger partial charge in [0.15, 0.2) is 0 Å². The van der Waals surface area contributed by atoms with Gasteiger partial charge in [-0.1, -0.05) is 34.6 Å². The van der Waals surface area contributed by atoms with Crippen LogP contribution in [-0.2, 0) is 0 Å². The van der Waals surface area contributed by atoms with E-state index in [1.807, 2.05) is 0 Å². The van der Waals surface area contributed by atoms with E-state index in [2.05, 4.69) is 34.6 Å². The number of rotatable bonds is 6. The molecule has 0 aliphatic rings. The van der Waals surface area contributed by atoms with Crippen LogP contribution < -0.4 is 0 Å². The van der Waals surface area contributed by atoms with Crippen LogP contribution in [0, 0.1) is 17.3 Å². The first-order valence-corrected chi connectivity index (χ1v) is 5.56. The third kappa shape index (κ3) is 4.66. The predicted molar refractivity (Wildman–Crippen MR) is 58.7 cm³/mol. The minimum absolute atomic E-state index is 0.183. The normalized spacial score (nSPS) is 12.9. The van der Waals surface area contributed by atoms with Crippen molar-refractivity contribution in [2.24, 2.45) is 17.3 Å². The Morgan fingerprint density at radius 1 is 1.00 bits per heavy atom. The van der Waals surface area contributed by atoms with E-state index < -0.39 is 0 Å². The summed E-state index contributed by atoms with van der Waals surface area (Å²) in [4.78, 5) is 0. The molecule has 0 heterocycles. The lowest BCUT2D eigenvalue weighted by Crippen LogP contribution is -2.28.